The molecule has 1 heterocycles. The van der Waals surface area contributed by atoms with Crippen molar-refractivity contribution < 1.29 is 27.1 Å². The molecule has 0 atom stereocenters. The zero-order valence-electron chi connectivity index (χ0n) is 7.43. The van der Waals surface area contributed by atoms with Crippen LogP contribution in [0.5, 0.6) is 0 Å². The maximum atomic E-state index is 12.9. The molecule has 1 aromatic heterocycles. The first-order valence-corrected chi connectivity index (χ1v) is 3.69. The van der Waals surface area contributed by atoms with E-state index in [1.807, 2.05) is 0 Å². The number of esters is 1. The maximum Gasteiger partial charge on any atom is 0.359 e. The van der Waals surface area contributed by atoms with Gasteiger partial charge in [-0.05, 0) is 0 Å². The van der Waals surface area contributed by atoms with Crippen LogP contribution in [0.1, 0.15) is 22.6 Å². The number of carbonyl (C=O) groups excluding carboxylic acids is 1. The first-order chi connectivity index (χ1) is 6.97. The first kappa shape index (κ1) is 11.4. The summed E-state index contributed by atoms with van der Waals surface area (Å²) in [6, 6.07) is 0.229. The van der Waals surface area contributed by atoms with Gasteiger partial charge in [0.2, 0.25) is 0 Å². The summed E-state index contributed by atoms with van der Waals surface area (Å²) < 4.78 is 53.9. The molecule has 15 heavy (non-hydrogen) atoms. The molecule has 0 aliphatic rings. The lowest BCUT2D eigenvalue weighted by molar-refractivity contribution is 0.0584. The number of carbonyl (C=O) groups is 1. The third-order valence-corrected chi connectivity index (χ3v) is 1.54. The topological polar surface area (TPSA) is 39.2 Å². The quantitative estimate of drug-likeness (QED) is 0.569. The fraction of sp³-hybridized carbons (Fsp3) is 0.250. The van der Waals surface area contributed by atoms with Crippen molar-refractivity contribution in [2.24, 2.45) is 0 Å². The highest BCUT2D eigenvalue weighted by atomic mass is 19.3. The van der Waals surface area contributed by atoms with Crippen LogP contribution in [0.15, 0.2) is 6.07 Å². The van der Waals surface area contributed by atoms with Gasteiger partial charge in [0, 0.05) is 6.07 Å². The molecule has 0 aromatic carbocycles. The first-order valence-electron chi connectivity index (χ1n) is 3.69. The monoisotopic (exact) mass is 223 g/mol. The van der Waals surface area contributed by atoms with Crippen LogP contribution in [0.25, 0.3) is 0 Å². The van der Waals surface area contributed by atoms with Gasteiger partial charge in [-0.15, -0.1) is 0 Å². The molecule has 1 aromatic rings. The largest absolute Gasteiger partial charge is 0.464 e. The molecule has 7 heteroatoms. The zero-order valence-corrected chi connectivity index (χ0v) is 7.43. The molecule has 0 saturated heterocycles. The van der Waals surface area contributed by atoms with Gasteiger partial charge in [-0.3, -0.25) is 0 Å². The number of hydrogen-bond donors (Lipinski definition) is 0. The van der Waals surface area contributed by atoms with E-state index in [9.17, 15) is 22.4 Å². The van der Waals surface area contributed by atoms with Crippen molar-refractivity contribution in [2.75, 3.05) is 7.11 Å². The maximum absolute atomic E-state index is 12.9. The van der Waals surface area contributed by atoms with Crippen LogP contribution >= 0.6 is 0 Å². The summed E-state index contributed by atoms with van der Waals surface area (Å²) in [6.45, 7) is 0. The SMILES string of the molecule is COC(=O)c1nc(C(F)F)cc(F)c1F. The van der Waals surface area contributed by atoms with E-state index in [4.69, 9.17) is 0 Å². The van der Waals surface area contributed by atoms with Crippen molar-refractivity contribution in [3.8, 4) is 0 Å². The van der Waals surface area contributed by atoms with Crippen LogP contribution in [0.3, 0.4) is 0 Å². The number of halogens is 4. The van der Waals surface area contributed by atoms with Gasteiger partial charge in [-0.25, -0.2) is 27.3 Å². The van der Waals surface area contributed by atoms with E-state index in [0.29, 0.717) is 0 Å². The molecule has 0 radical (unpaired) electrons. The number of pyridine rings is 1. The Bertz CT molecular complexity index is 394. The second kappa shape index (κ2) is 4.24. The smallest absolute Gasteiger partial charge is 0.359 e. The molecule has 0 aliphatic carbocycles. The number of rotatable bonds is 2. The molecule has 1 rings (SSSR count). The summed E-state index contributed by atoms with van der Waals surface area (Å²) in [6.07, 6.45) is -3.09. The van der Waals surface area contributed by atoms with Gasteiger partial charge < -0.3 is 4.74 Å². The van der Waals surface area contributed by atoms with E-state index in [2.05, 4.69) is 9.72 Å². The number of aromatic nitrogens is 1. The minimum Gasteiger partial charge on any atom is -0.464 e. The summed E-state index contributed by atoms with van der Waals surface area (Å²) in [5.74, 6) is -4.49. The minimum atomic E-state index is -3.09. The third kappa shape index (κ3) is 2.23. The fourth-order valence-corrected chi connectivity index (χ4v) is 0.860. The number of alkyl halides is 2. The molecule has 0 unspecified atom stereocenters. The Morgan fingerprint density at radius 3 is 2.53 bits per heavy atom. The Kier molecular flexibility index (Phi) is 3.23. The second-order valence-corrected chi connectivity index (χ2v) is 2.48. The molecule has 0 amide bonds. The van der Waals surface area contributed by atoms with Gasteiger partial charge in [0.05, 0.1) is 7.11 Å². The van der Waals surface area contributed by atoms with Crippen molar-refractivity contribution in [3.63, 3.8) is 0 Å². The molecular formula is C8H5F4NO2. The highest BCUT2D eigenvalue weighted by Gasteiger charge is 2.22. The highest BCUT2D eigenvalue weighted by molar-refractivity contribution is 5.87. The standard InChI is InChI=1S/C8H5F4NO2/c1-15-8(14)6-5(10)3(9)2-4(13-6)7(11)12/h2,7H,1H3. The van der Waals surface area contributed by atoms with Gasteiger partial charge in [0.15, 0.2) is 17.3 Å². The molecule has 0 fully saturated rings. The molecule has 0 saturated carbocycles. The van der Waals surface area contributed by atoms with Crippen LogP contribution < -0.4 is 0 Å². The normalized spacial score (nSPS) is 10.5. The number of nitrogens with zero attached hydrogens (tertiary/aromatic N) is 1. The average molecular weight is 223 g/mol. The molecule has 0 spiro atoms. The van der Waals surface area contributed by atoms with Crippen LogP contribution in [0, 0.1) is 11.6 Å². The van der Waals surface area contributed by atoms with Crippen LogP contribution in [-0.4, -0.2) is 18.1 Å². The molecule has 3 nitrogen and oxygen atoms in total. The van der Waals surface area contributed by atoms with E-state index < -0.39 is 35.4 Å². The summed E-state index contributed by atoms with van der Waals surface area (Å²) in [5.41, 5.74) is -2.11. The number of methoxy groups -OCH3 is 1. The molecule has 0 aliphatic heterocycles. The Hall–Kier alpha value is -1.66. The zero-order chi connectivity index (χ0) is 11.6. The Morgan fingerprint density at radius 1 is 1.47 bits per heavy atom. The van der Waals surface area contributed by atoms with E-state index in [0.717, 1.165) is 7.11 Å². The van der Waals surface area contributed by atoms with Crippen LogP contribution in [0.2, 0.25) is 0 Å². The highest BCUT2D eigenvalue weighted by Crippen LogP contribution is 2.20. The number of ether oxygens (including phenoxy) is 1. The van der Waals surface area contributed by atoms with E-state index >= 15 is 0 Å². The van der Waals surface area contributed by atoms with Gasteiger partial charge in [0.1, 0.15) is 5.69 Å². The van der Waals surface area contributed by atoms with Gasteiger partial charge >= 0.3 is 5.97 Å². The molecule has 0 N–H and O–H groups in total. The van der Waals surface area contributed by atoms with Gasteiger partial charge in [-0.1, -0.05) is 0 Å². The second-order valence-electron chi connectivity index (χ2n) is 2.48. The predicted molar refractivity (Wildman–Crippen MR) is 40.4 cm³/mol. The average Bonchev–Trinajstić information content (AvgIpc) is 2.20. The van der Waals surface area contributed by atoms with Crippen molar-refractivity contribution in [1.82, 2.24) is 4.98 Å². The summed E-state index contributed by atoms with van der Waals surface area (Å²) >= 11 is 0. The van der Waals surface area contributed by atoms with Crippen molar-refractivity contribution in [1.29, 1.82) is 0 Å². The van der Waals surface area contributed by atoms with E-state index in [1.165, 1.54) is 0 Å². The lowest BCUT2D eigenvalue weighted by atomic mass is 10.2. The van der Waals surface area contributed by atoms with Crippen molar-refractivity contribution in [3.05, 3.63) is 29.1 Å². The van der Waals surface area contributed by atoms with E-state index in [-0.39, 0.29) is 6.07 Å². The fourth-order valence-electron chi connectivity index (χ4n) is 0.860. The lowest BCUT2D eigenvalue weighted by Crippen LogP contribution is -2.11. The molecule has 0 bridgehead atoms. The molecular weight excluding hydrogens is 218 g/mol. The summed E-state index contributed by atoms with van der Waals surface area (Å²) in [5, 5.41) is 0. The molecule has 82 valence electrons. The Balaban J connectivity index is 3.31. The minimum absolute atomic E-state index is 0.229. The third-order valence-electron chi connectivity index (χ3n) is 1.54. The van der Waals surface area contributed by atoms with Crippen LogP contribution in [-0.2, 0) is 4.74 Å². The number of hydrogen-bond acceptors (Lipinski definition) is 3. The van der Waals surface area contributed by atoms with Gasteiger partial charge in [0.25, 0.3) is 6.43 Å². The Morgan fingerprint density at radius 2 is 2.07 bits per heavy atom. The summed E-state index contributed by atoms with van der Waals surface area (Å²) in [4.78, 5) is 13.8. The Labute approximate surface area is 81.7 Å². The van der Waals surface area contributed by atoms with Crippen molar-refractivity contribution >= 4 is 5.97 Å². The predicted octanol–water partition coefficient (Wildman–Crippen LogP) is 2.08. The van der Waals surface area contributed by atoms with Gasteiger partial charge in [-0.2, -0.15) is 0 Å². The van der Waals surface area contributed by atoms with Crippen LogP contribution in [0.4, 0.5) is 17.6 Å². The van der Waals surface area contributed by atoms with Crippen molar-refractivity contribution in [2.45, 2.75) is 6.43 Å². The van der Waals surface area contributed by atoms with E-state index in [1.54, 1.807) is 0 Å². The lowest BCUT2D eigenvalue weighted by Gasteiger charge is -2.04. The summed E-state index contributed by atoms with van der Waals surface area (Å²) in [7, 11) is 0.899.